The number of pyridine rings is 1. The first-order chi connectivity index (χ1) is 11.9. The Morgan fingerprint density at radius 2 is 2.16 bits per heavy atom. The lowest BCUT2D eigenvalue weighted by molar-refractivity contribution is 0.0527. The summed E-state index contributed by atoms with van der Waals surface area (Å²) in [6, 6.07) is 1.42. The molecule has 0 saturated carbocycles. The fraction of sp³-hybridized carbons (Fsp3) is 0.294. The summed E-state index contributed by atoms with van der Waals surface area (Å²) in [7, 11) is 3.53. The van der Waals surface area contributed by atoms with Crippen LogP contribution in [0.1, 0.15) is 22.8 Å². The maximum Gasteiger partial charge on any atom is 0.345 e. The van der Waals surface area contributed by atoms with Crippen LogP contribution in [0.15, 0.2) is 22.4 Å². The molecule has 0 aliphatic rings. The highest BCUT2D eigenvalue weighted by molar-refractivity contribution is 7.16. The van der Waals surface area contributed by atoms with Gasteiger partial charge in [0.15, 0.2) is 0 Å². The Labute approximate surface area is 152 Å². The van der Waals surface area contributed by atoms with Gasteiger partial charge in [-0.3, -0.25) is 4.79 Å². The van der Waals surface area contributed by atoms with Crippen LogP contribution in [0, 0.1) is 5.82 Å². The van der Waals surface area contributed by atoms with E-state index in [4.69, 9.17) is 16.3 Å². The predicted octanol–water partition coefficient (Wildman–Crippen LogP) is 3.55. The lowest BCUT2D eigenvalue weighted by Crippen LogP contribution is -2.22. The van der Waals surface area contributed by atoms with E-state index in [0.29, 0.717) is 10.3 Å². The topological polar surface area (TPSA) is 51.0 Å². The van der Waals surface area contributed by atoms with Gasteiger partial charge in [0.2, 0.25) is 5.43 Å². The van der Waals surface area contributed by atoms with Gasteiger partial charge < -0.3 is 14.0 Å². The van der Waals surface area contributed by atoms with Crippen molar-refractivity contribution < 1.29 is 13.9 Å². The SMILES string of the molecule is CCOC(=O)c1c(=O)c2c(CN(C)C)c(F)c(Cl)cc2n2ccsc12. The van der Waals surface area contributed by atoms with Crippen LogP contribution >= 0.6 is 22.9 Å². The van der Waals surface area contributed by atoms with E-state index in [2.05, 4.69) is 0 Å². The summed E-state index contributed by atoms with van der Waals surface area (Å²) in [5.74, 6) is -1.36. The fourth-order valence-electron chi connectivity index (χ4n) is 2.83. The number of fused-ring (bicyclic) bond motifs is 3. The molecule has 8 heteroatoms. The minimum absolute atomic E-state index is 0.0624. The first-order valence-corrected chi connectivity index (χ1v) is 8.86. The van der Waals surface area contributed by atoms with Gasteiger partial charge in [-0.1, -0.05) is 11.6 Å². The molecule has 0 spiro atoms. The molecule has 2 heterocycles. The van der Waals surface area contributed by atoms with Crippen molar-refractivity contribution in [2.75, 3.05) is 20.7 Å². The van der Waals surface area contributed by atoms with Crippen LogP contribution in [0.5, 0.6) is 0 Å². The Morgan fingerprint density at radius 3 is 2.80 bits per heavy atom. The molecule has 0 atom stereocenters. The number of aromatic nitrogens is 1. The van der Waals surface area contributed by atoms with Crippen molar-refractivity contribution in [1.29, 1.82) is 0 Å². The zero-order chi connectivity index (χ0) is 18.3. The number of hydrogen-bond acceptors (Lipinski definition) is 5. The lowest BCUT2D eigenvalue weighted by atomic mass is 10.0. The van der Waals surface area contributed by atoms with Gasteiger partial charge in [-0.05, 0) is 27.1 Å². The van der Waals surface area contributed by atoms with Crippen LogP contribution in [0.25, 0.3) is 15.7 Å². The Bertz CT molecular complexity index is 1040. The molecule has 0 bridgehead atoms. The Hall–Kier alpha value is -1.96. The van der Waals surface area contributed by atoms with E-state index >= 15 is 0 Å². The van der Waals surface area contributed by atoms with Crippen molar-refractivity contribution in [3.8, 4) is 0 Å². The van der Waals surface area contributed by atoms with E-state index in [1.807, 2.05) is 0 Å². The second-order valence-electron chi connectivity index (χ2n) is 5.79. The Morgan fingerprint density at radius 1 is 1.44 bits per heavy atom. The second-order valence-corrected chi connectivity index (χ2v) is 7.09. The molecule has 0 unspecified atom stereocenters. The van der Waals surface area contributed by atoms with Crippen molar-refractivity contribution >= 4 is 44.6 Å². The van der Waals surface area contributed by atoms with E-state index in [0.717, 1.165) is 0 Å². The molecule has 5 nitrogen and oxygen atoms in total. The third-order valence-corrected chi connectivity index (χ3v) is 4.94. The Kier molecular flexibility index (Phi) is 4.81. The van der Waals surface area contributed by atoms with Crippen molar-refractivity contribution in [2.45, 2.75) is 13.5 Å². The standard InChI is InChI=1S/C17H16ClFN2O3S/c1-4-24-17(23)13-15(22)12-9(8-20(2)3)14(19)10(18)7-11(12)21-5-6-25-16(13)21/h5-7H,4,8H2,1-3H3. The van der Waals surface area contributed by atoms with Gasteiger partial charge in [-0.15, -0.1) is 11.3 Å². The zero-order valence-corrected chi connectivity index (χ0v) is 15.5. The van der Waals surface area contributed by atoms with Crippen LogP contribution < -0.4 is 5.43 Å². The van der Waals surface area contributed by atoms with E-state index in [-0.39, 0.29) is 34.7 Å². The number of nitrogens with zero attached hydrogens (tertiary/aromatic N) is 2. The summed E-state index contributed by atoms with van der Waals surface area (Å²) in [6.45, 7) is 1.99. The molecular weight excluding hydrogens is 367 g/mol. The summed E-state index contributed by atoms with van der Waals surface area (Å²) in [5.41, 5.74) is 0.0237. The van der Waals surface area contributed by atoms with Gasteiger partial charge in [-0.25, -0.2) is 9.18 Å². The molecule has 0 radical (unpaired) electrons. The number of rotatable bonds is 4. The minimum atomic E-state index is -0.708. The van der Waals surface area contributed by atoms with Gasteiger partial charge in [-0.2, -0.15) is 0 Å². The molecule has 0 aliphatic carbocycles. The van der Waals surface area contributed by atoms with Crippen LogP contribution in [-0.4, -0.2) is 36.0 Å². The highest BCUT2D eigenvalue weighted by Gasteiger charge is 2.25. The largest absolute Gasteiger partial charge is 0.462 e. The monoisotopic (exact) mass is 382 g/mol. The number of benzene rings is 1. The van der Waals surface area contributed by atoms with E-state index in [1.165, 1.54) is 17.4 Å². The predicted molar refractivity (Wildman–Crippen MR) is 97.4 cm³/mol. The highest BCUT2D eigenvalue weighted by atomic mass is 35.5. The smallest absolute Gasteiger partial charge is 0.345 e. The number of halogens is 2. The molecule has 0 fully saturated rings. The first-order valence-electron chi connectivity index (χ1n) is 7.61. The minimum Gasteiger partial charge on any atom is -0.462 e. The summed E-state index contributed by atoms with van der Waals surface area (Å²) >= 11 is 7.29. The maximum absolute atomic E-state index is 14.7. The molecule has 132 valence electrons. The molecule has 0 amide bonds. The van der Waals surface area contributed by atoms with Crippen molar-refractivity contribution in [1.82, 2.24) is 9.30 Å². The van der Waals surface area contributed by atoms with Gasteiger partial charge in [0.25, 0.3) is 0 Å². The summed E-state index contributed by atoms with van der Waals surface area (Å²) in [6.07, 6.45) is 1.72. The van der Waals surface area contributed by atoms with Crippen molar-refractivity contribution in [3.63, 3.8) is 0 Å². The quantitative estimate of drug-likeness (QED) is 0.647. The summed E-state index contributed by atoms with van der Waals surface area (Å²) < 4.78 is 21.4. The average molecular weight is 383 g/mol. The van der Waals surface area contributed by atoms with Gasteiger partial charge >= 0.3 is 5.97 Å². The molecule has 0 N–H and O–H groups in total. The van der Waals surface area contributed by atoms with Crippen LogP contribution in [0.2, 0.25) is 5.02 Å². The first kappa shape index (κ1) is 17.8. The number of carbonyl (C=O) groups is 1. The molecule has 2 aromatic heterocycles. The highest BCUT2D eigenvalue weighted by Crippen LogP contribution is 2.30. The molecular formula is C17H16ClFN2O3S. The van der Waals surface area contributed by atoms with Crippen molar-refractivity contribution in [2.24, 2.45) is 0 Å². The van der Waals surface area contributed by atoms with Gasteiger partial charge in [0.05, 0.1) is 22.5 Å². The zero-order valence-electron chi connectivity index (χ0n) is 13.9. The fourth-order valence-corrected chi connectivity index (χ4v) is 3.92. The summed E-state index contributed by atoms with van der Waals surface area (Å²) in [4.78, 5) is 27.6. The molecule has 3 rings (SSSR count). The van der Waals surface area contributed by atoms with Crippen LogP contribution in [-0.2, 0) is 11.3 Å². The molecule has 0 saturated heterocycles. The number of esters is 1. The molecule has 3 aromatic rings. The van der Waals surface area contributed by atoms with E-state index in [1.54, 1.807) is 41.9 Å². The van der Waals surface area contributed by atoms with Gasteiger partial charge in [0, 0.05) is 23.7 Å². The lowest BCUT2D eigenvalue weighted by Gasteiger charge is -2.16. The molecule has 1 aromatic carbocycles. The molecule has 0 aliphatic heterocycles. The third kappa shape index (κ3) is 2.92. The average Bonchev–Trinajstić information content (AvgIpc) is 3.00. The van der Waals surface area contributed by atoms with Gasteiger partial charge in [0.1, 0.15) is 16.2 Å². The Balaban J connectivity index is 2.52. The number of thiazole rings is 1. The van der Waals surface area contributed by atoms with Crippen LogP contribution in [0.3, 0.4) is 0 Å². The molecule has 25 heavy (non-hydrogen) atoms. The summed E-state index contributed by atoms with van der Waals surface area (Å²) in [5, 5.41) is 1.84. The maximum atomic E-state index is 14.7. The van der Waals surface area contributed by atoms with Crippen LogP contribution in [0.4, 0.5) is 4.39 Å². The van der Waals surface area contributed by atoms with Crippen molar-refractivity contribution in [3.05, 3.63) is 49.8 Å². The van der Waals surface area contributed by atoms with E-state index < -0.39 is 17.2 Å². The number of ether oxygens (including phenoxy) is 1. The second kappa shape index (κ2) is 6.74. The number of carbonyl (C=O) groups excluding carboxylic acids is 1. The normalized spacial score (nSPS) is 11.6. The third-order valence-electron chi connectivity index (χ3n) is 3.79. The number of hydrogen-bond donors (Lipinski definition) is 0. The van der Waals surface area contributed by atoms with E-state index in [9.17, 15) is 14.0 Å².